The van der Waals surface area contributed by atoms with Gasteiger partial charge in [-0.3, -0.25) is 14.4 Å². The first-order chi connectivity index (χ1) is 17.2. The fourth-order valence-electron chi connectivity index (χ4n) is 4.23. The molecule has 0 aromatic heterocycles. The standard InChI is InChI=1S/C28H39N3O5/c1-19-16-22(32)17-20(2)23(19)18-24(29)27(35)31-25(13-7-4-8-14-26(33)34)28(36)30-15-9-12-21-10-5-3-6-11-21/h3,5-6,10-11,16-17,24-25,32H,4,7-9,12-15,18,29H2,1-2H3,(H,30,36)(H,31,35)(H,33,34). The third kappa shape index (κ3) is 10.1. The van der Waals surface area contributed by atoms with E-state index in [1.807, 2.05) is 44.2 Å². The number of unbranched alkanes of at least 4 members (excludes halogenated alkanes) is 2. The largest absolute Gasteiger partial charge is 0.508 e. The van der Waals surface area contributed by atoms with Crippen molar-refractivity contribution in [1.29, 1.82) is 0 Å². The topological polar surface area (TPSA) is 142 Å². The summed E-state index contributed by atoms with van der Waals surface area (Å²) < 4.78 is 0. The van der Waals surface area contributed by atoms with Crippen molar-refractivity contribution in [2.24, 2.45) is 5.73 Å². The van der Waals surface area contributed by atoms with Crippen LogP contribution in [0.15, 0.2) is 42.5 Å². The molecule has 2 aromatic carbocycles. The molecule has 36 heavy (non-hydrogen) atoms. The van der Waals surface area contributed by atoms with Crippen molar-refractivity contribution in [3.63, 3.8) is 0 Å². The third-order valence-corrected chi connectivity index (χ3v) is 6.24. The van der Waals surface area contributed by atoms with Crippen LogP contribution in [0.4, 0.5) is 0 Å². The summed E-state index contributed by atoms with van der Waals surface area (Å²) in [5, 5.41) is 24.3. The molecule has 8 nitrogen and oxygen atoms in total. The van der Waals surface area contributed by atoms with Crippen molar-refractivity contribution >= 4 is 17.8 Å². The van der Waals surface area contributed by atoms with E-state index in [0.29, 0.717) is 32.2 Å². The highest BCUT2D eigenvalue weighted by molar-refractivity contribution is 5.89. The number of benzene rings is 2. The molecule has 2 amide bonds. The molecule has 2 atom stereocenters. The number of hydrogen-bond donors (Lipinski definition) is 5. The molecule has 2 unspecified atom stereocenters. The normalized spacial score (nSPS) is 12.5. The van der Waals surface area contributed by atoms with Gasteiger partial charge in [-0.05, 0) is 80.3 Å². The van der Waals surface area contributed by atoms with Gasteiger partial charge in [-0.15, -0.1) is 0 Å². The van der Waals surface area contributed by atoms with Crippen LogP contribution in [0.25, 0.3) is 0 Å². The van der Waals surface area contributed by atoms with Gasteiger partial charge in [0, 0.05) is 13.0 Å². The van der Waals surface area contributed by atoms with Crippen LogP contribution in [-0.4, -0.2) is 46.6 Å². The van der Waals surface area contributed by atoms with Gasteiger partial charge in [-0.25, -0.2) is 0 Å². The fourth-order valence-corrected chi connectivity index (χ4v) is 4.23. The van der Waals surface area contributed by atoms with Gasteiger partial charge in [0.25, 0.3) is 0 Å². The zero-order chi connectivity index (χ0) is 26.5. The minimum atomic E-state index is -0.854. The Bertz CT molecular complexity index is 986. The Morgan fingerprint density at radius 2 is 1.61 bits per heavy atom. The van der Waals surface area contributed by atoms with E-state index in [2.05, 4.69) is 10.6 Å². The van der Waals surface area contributed by atoms with Crippen molar-refractivity contribution < 1.29 is 24.6 Å². The predicted octanol–water partition coefficient (Wildman–Crippen LogP) is 3.15. The lowest BCUT2D eigenvalue weighted by molar-refractivity contribution is -0.137. The quantitative estimate of drug-likeness (QED) is 0.239. The van der Waals surface area contributed by atoms with Crippen LogP contribution < -0.4 is 16.4 Å². The highest BCUT2D eigenvalue weighted by atomic mass is 16.4. The van der Waals surface area contributed by atoms with E-state index in [0.717, 1.165) is 29.5 Å². The maximum absolute atomic E-state index is 12.9. The zero-order valence-corrected chi connectivity index (χ0v) is 21.3. The van der Waals surface area contributed by atoms with Gasteiger partial charge in [0.1, 0.15) is 11.8 Å². The minimum absolute atomic E-state index is 0.0823. The molecule has 8 heteroatoms. The second-order valence-corrected chi connectivity index (χ2v) is 9.30. The van der Waals surface area contributed by atoms with Gasteiger partial charge in [0.05, 0.1) is 6.04 Å². The molecule has 0 saturated carbocycles. The first kappa shape index (κ1) is 28.8. The summed E-state index contributed by atoms with van der Waals surface area (Å²) in [5.41, 5.74) is 9.99. The summed E-state index contributed by atoms with van der Waals surface area (Å²) in [7, 11) is 0. The summed E-state index contributed by atoms with van der Waals surface area (Å²) in [6.45, 7) is 4.20. The smallest absolute Gasteiger partial charge is 0.303 e. The Kier molecular flexibility index (Phi) is 11.9. The number of nitrogens with one attached hydrogen (secondary N) is 2. The molecular formula is C28H39N3O5. The lowest BCUT2D eigenvalue weighted by Crippen LogP contribution is -2.52. The Hall–Kier alpha value is -3.39. The molecule has 0 aliphatic heterocycles. The number of phenolic OH excluding ortho intramolecular Hbond substituents is 1. The highest BCUT2D eigenvalue weighted by Gasteiger charge is 2.24. The average molecular weight is 498 g/mol. The molecule has 196 valence electrons. The van der Waals surface area contributed by atoms with Crippen LogP contribution in [0.1, 0.15) is 60.8 Å². The van der Waals surface area contributed by atoms with E-state index in [1.54, 1.807) is 12.1 Å². The van der Waals surface area contributed by atoms with Crippen LogP contribution >= 0.6 is 0 Å². The summed E-state index contributed by atoms with van der Waals surface area (Å²) >= 11 is 0. The molecule has 6 N–H and O–H groups in total. The van der Waals surface area contributed by atoms with E-state index < -0.39 is 24.0 Å². The summed E-state index contributed by atoms with van der Waals surface area (Å²) in [5.74, 6) is -1.36. The number of phenols is 1. The number of aryl methyl sites for hydroxylation is 3. The average Bonchev–Trinajstić information content (AvgIpc) is 2.83. The van der Waals surface area contributed by atoms with Crippen LogP contribution in [0.3, 0.4) is 0 Å². The van der Waals surface area contributed by atoms with Crippen molar-refractivity contribution in [2.75, 3.05) is 6.54 Å². The second-order valence-electron chi connectivity index (χ2n) is 9.30. The Morgan fingerprint density at radius 1 is 0.944 bits per heavy atom. The molecule has 0 saturated heterocycles. The third-order valence-electron chi connectivity index (χ3n) is 6.24. The lowest BCUT2D eigenvalue weighted by Gasteiger charge is -2.22. The first-order valence-electron chi connectivity index (χ1n) is 12.6. The number of aliphatic carboxylic acids is 1. The van der Waals surface area contributed by atoms with E-state index >= 15 is 0 Å². The van der Waals surface area contributed by atoms with Gasteiger partial charge in [0.15, 0.2) is 0 Å². The number of rotatable bonds is 15. The number of carbonyl (C=O) groups is 3. The van der Waals surface area contributed by atoms with Gasteiger partial charge in [-0.2, -0.15) is 0 Å². The highest BCUT2D eigenvalue weighted by Crippen LogP contribution is 2.22. The zero-order valence-electron chi connectivity index (χ0n) is 21.3. The van der Waals surface area contributed by atoms with Crippen LogP contribution in [0.2, 0.25) is 0 Å². The van der Waals surface area contributed by atoms with Crippen molar-refractivity contribution in [3.8, 4) is 5.75 Å². The van der Waals surface area contributed by atoms with Crippen LogP contribution in [-0.2, 0) is 27.2 Å². The molecule has 0 spiro atoms. The number of carboxylic acids is 1. The summed E-state index contributed by atoms with van der Waals surface area (Å²) in [6, 6.07) is 11.7. The maximum atomic E-state index is 12.9. The van der Waals surface area contributed by atoms with Crippen molar-refractivity contribution in [3.05, 3.63) is 64.7 Å². The lowest BCUT2D eigenvalue weighted by atomic mass is 9.95. The number of carboxylic acid groups (broad SMARTS) is 1. The first-order valence-corrected chi connectivity index (χ1v) is 12.6. The molecule has 0 aliphatic rings. The van der Waals surface area contributed by atoms with E-state index in [-0.39, 0.29) is 24.5 Å². The molecule has 2 rings (SSSR count). The minimum Gasteiger partial charge on any atom is -0.508 e. The number of hydrogen-bond acceptors (Lipinski definition) is 5. The molecule has 0 aliphatic carbocycles. The Labute approximate surface area is 213 Å². The maximum Gasteiger partial charge on any atom is 0.303 e. The Morgan fingerprint density at radius 3 is 2.25 bits per heavy atom. The van der Waals surface area contributed by atoms with Crippen LogP contribution in [0.5, 0.6) is 5.75 Å². The second kappa shape index (κ2) is 14.9. The van der Waals surface area contributed by atoms with Gasteiger partial charge in [-0.1, -0.05) is 43.2 Å². The predicted molar refractivity (Wildman–Crippen MR) is 140 cm³/mol. The van der Waals surface area contributed by atoms with Crippen molar-refractivity contribution in [1.82, 2.24) is 10.6 Å². The number of aromatic hydroxyl groups is 1. The van der Waals surface area contributed by atoms with Crippen LogP contribution in [0, 0.1) is 13.8 Å². The molecule has 0 bridgehead atoms. The molecule has 0 radical (unpaired) electrons. The van der Waals surface area contributed by atoms with Crippen molar-refractivity contribution in [2.45, 2.75) is 77.3 Å². The van der Waals surface area contributed by atoms with Gasteiger partial charge in [0.2, 0.25) is 11.8 Å². The SMILES string of the molecule is Cc1cc(O)cc(C)c1CC(N)C(=O)NC(CCCCCC(=O)O)C(=O)NCCCc1ccccc1. The summed E-state index contributed by atoms with van der Waals surface area (Å²) in [4.78, 5) is 36.5. The number of nitrogens with two attached hydrogens (primary N) is 1. The Balaban J connectivity index is 1.94. The fraction of sp³-hybridized carbons (Fsp3) is 0.464. The number of carbonyl (C=O) groups excluding carboxylic acids is 2. The van der Waals surface area contributed by atoms with Gasteiger partial charge >= 0.3 is 5.97 Å². The van der Waals surface area contributed by atoms with E-state index in [1.165, 1.54) is 5.56 Å². The molecule has 2 aromatic rings. The molecular weight excluding hydrogens is 458 g/mol. The van der Waals surface area contributed by atoms with Gasteiger partial charge < -0.3 is 26.6 Å². The number of amides is 2. The monoisotopic (exact) mass is 497 g/mol. The molecule has 0 fully saturated rings. The summed E-state index contributed by atoms with van der Waals surface area (Å²) in [6.07, 6.45) is 4.16. The van der Waals surface area contributed by atoms with E-state index in [9.17, 15) is 19.5 Å². The van der Waals surface area contributed by atoms with E-state index in [4.69, 9.17) is 10.8 Å². The molecule has 0 heterocycles.